The van der Waals surface area contributed by atoms with Crippen molar-refractivity contribution < 1.29 is 5.11 Å². The van der Waals surface area contributed by atoms with Gasteiger partial charge in [-0.3, -0.25) is 4.90 Å². The predicted octanol–water partition coefficient (Wildman–Crippen LogP) is 5.34. The lowest BCUT2D eigenvalue weighted by Crippen LogP contribution is -2.38. The third-order valence-corrected chi connectivity index (χ3v) is 4.83. The predicted molar refractivity (Wildman–Crippen MR) is 103 cm³/mol. The molecule has 1 atom stereocenters. The molecule has 0 aromatic heterocycles. The molecular weight excluding hydrogens is 294 g/mol. The SMILES string of the molecule is Cc1cc([C@H](CCN(C(C)C)C(C)C)c2ccccc2)ccc1O. The van der Waals surface area contributed by atoms with Gasteiger partial charge in [-0.15, -0.1) is 0 Å². The van der Waals surface area contributed by atoms with Gasteiger partial charge in [0.25, 0.3) is 0 Å². The summed E-state index contributed by atoms with van der Waals surface area (Å²) in [4.78, 5) is 2.54. The number of hydrogen-bond donors (Lipinski definition) is 1. The highest BCUT2D eigenvalue weighted by Crippen LogP contribution is 2.31. The van der Waals surface area contributed by atoms with E-state index in [2.05, 4.69) is 75.1 Å². The summed E-state index contributed by atoms with van der Waals surface area (Å²) >= 11 is 0. The molecule has 1 N–H and O–H groups in total. The highest BCUT2D eigenvalue weighted by atomic mass is 16.3. The maximum Gasteiger partial charge on any atom is 0.118 e. The van der Waals surface area contributed by atoms with Gasteiger partial charge in [-0.25, -0.2) is 0 Å². The van der Waals surface area contributed by atoms with E-state index in [1.807, 2.05) is 13.0 Å². The summed E-state index contributed by atoms with van der Waals surface area (Å²) < 4.78 is 0. The molecule has 0 unspecified atom stereocenters. The molecule has 130 valence electrons. The van der Waals surface area contributed by atoms with Crippen LogP contribution < -0.4 is 0 Å². The Hall–Kier alpha value is -1.80. The van der Waals surface area contributed by atoms with Crippen molar-refractivity contribution >= 4 is 0 Å². The number of phenolic OH excluding ortho intramolecular Hbond substituents is 1. The van der Waals surface area contributed by atoms with Crippen molar-refractivity contribution in [3.63, 3.8) is 0 Å². The van der Waals surface area contributed by atoms with Crippen LogP contribution in [0.15, 0.2) is 48.5 Å². The van der Waals surface area contributed by atoms with E-state index in [1.165, 1.54) is 11.1 Å². The summed E-state index contributed by atoms with van der Waals surface area (Å²) in [5.74, 6) is 0.724. The van der Waals surface area contributed by atoms with Crippen LogP contribution in [0.4, 0.5) is 0 Å². The van der Waals surface area contributed by atoms with Crippen molar-refractivity contribution in [3.05, 3.63) is 65.2 Å². The van der Waals surface area contributed by atoms with Gasteiger partial charge >= 0.3 is 0 Å². The molecule has 0 saturated carbocycles. The van der Waals surface area contributed by atoms with Crippen LogP contribution in [0.25, 0.3) is 0 Å². The fourth-order valence-electron chi connectivity index (χ4n) is 3.50. The number of aromatic hydroxyl groups is 1. The van der Waals surface area contributed by atoms with Crippen molar-refractivity contribution in [1.82, 2.24) is 4.90 Å². The molecule has 2 heteroatoms. The van der Waals surface area contributed by atoms with Crippen molar-refractivity contribution in [1.29, 1.82) is 0 Å². The number of phenols is 1. The fraction of sp³-hybridized carbons (Fsp3) is 0.455. The molecular formula is C22H31NO. The molecule has 0 saturated heterocycles. The smallest absolute Gasteiger partial charge is 0.118 e. The van der Waals surface area contributed by atoms with Gasteiger partial charge in [-0.1, -0.05) is 42.5 Å². The van der Waals surface area contributed by atoms with E-state index in [4.69, 9.17) is 0 Å². The number of aryl methyl sites for hydroxylation is 1. The molecule has 0 radical (unpaired) electrons. The topological polar surface area (TPSA) is 23.5 Å². The van der Waals surface area contributed by atoms with Crippen LogP contribution in [0.2, 0.25) is 0 Å². The van der Waals surface area contributed by atoms with Gasteiger partial charge < -0.3 is 5.11 Å². The Morgan fingerprint density at radius 3 is 2.04 bits per heavy atom. The average Bonchev–Trinajstić information content (AvgIpc) is 2.54. The monoisotopic (exact) mass is 325 g/mol. The second-order valence-electron chi connectivity index (χ2n) is 7.22. The van der Waals surface area contributed by atoms with E-state index in [1.54, 1.807) is 0 Å². The van der Waals surface area contributed by atoms with Gasteiger partial charge in [-0.05, 0) is 70.3 Å². The van der Waals surface area contributed by atoms with Crippen molar-refractivity contribution in [2.75, 3.05) is 6.54 Å². The lowest BCUT2D eigenvalue weighted by molar-refractivity contribution is 0.170. The maximum atomic E-state index is 9.85. The van der Waals surface area contributed by atoms with Crippen LogP contribution in [0.5, 0.6) is 5.75 Å². The Labute approximate surface area is 147 Å². The third-order valence-electron chi connectivity index (χ3n) is 4.83. The molecule has 0 aliphatic rings. The zero-order valence-corrected chi connectivity index (χ0v) is 15.7. The Morgan fingerprint density at radius 2 is 1.50 bits per heavy atom. The summed E-state index contributed by atoms with van der Waals surface area (Å²) in [5, 5.41) is 9.85. The van der Waals surface area contributed by atoms with Crippen LogP contribution in [0, 0.1) is 6.92 Å². The fourth-order valence-corrected chi connectivity index (χ4v) is 3.50. The first-order valence-corrected chi connectivity index (χ1v) is 9.00. The van der Waals surface area contributed by atoms with Crippen molar-refractivity contribution in [2.24, 2.45) is 0 Å². The van der Waals surface area contributed by atoms with Crippen LogP contribution in [-0.4, -0.2) is 28.6 Å². The Kier molecular flexibility index (Phi) is 6.44. The minimum Gasteiger partial charge on any atom is -0.508 e. The quantitative estimate of drug-likeness (QED) is 0.742. The molecule has 2 aromatic carbocycles. The van der Waals surface area contributed by atoms with Crippen LogP contribution >= 0.6 is 0 Å². The molecule has 0 aliphatic heterocycles. The number of nitrogens with zero attached hydrogens (tertiary/aromatic N) is 1. The first-order chi connectivity index (χ1) is 11.4. The summed E-state index contributed by atoms with van der Waals surface area (Å²) in [6.45, 7) is 12.1. The largest absolute Gasteiger partial charge is 0.508 e. The minimum absolute atomic E-state index is 0.352. The normalized spacial score (nSPS) is 13.0. The summed E-state index contributed by atoms with van der Waals surface area (Å²) in [6.07, 6.45) is 1.07. The van der Waals surface area contributed by atoms with Gasteiger partial charge in [0.1, 0.15) is 5.75 Å². The molecule has 24 heavy (non-hydrogen) atoms. The maximum absolute atomic E-state index is 9.85. The Morgan fingerprint density at radius 1 is 0.875 bits per heavy atom. The number of hydrogen-bond acceptors (Lipinski definition) is 2. The molecule has 0 fully saturated rings. The lowest BCUT2D eigenvalue weighted by Gasteiger charge is -2.32. The van der Waals surface area contributed by atoms with E-state index < -0.39 is 0 Å². The van der Waals surface area contributed by atoms with E-state index in [9.17, 15) is 5.11 Å². The molecule has 0 heterocycles. The zero-order chi connectivity index (χ0) is 17.7. The second-order valence-corrected chi connectivity index (χ2v) is 7.22. The molecule has 2 nitrogen and oxygen atoms in total. The summed E-state index contributed by atoms with van der Waals surface area (Å²) in [5.41, 5.74) is 3.57. The first kappa shape index (κ1) is 18.5. The number of rotatable bonds is 7. The minimum atomic E-state index is 0.352. The van der Waals surface area contributed by atoms with Crippen LogP contribution in [0.1, 0.15) is 56.7 Å². The summed E-state index contributed by atoms with van der Waals surface area (Å²) in [6, 6.07) is 17.8. The average molecular weight is 325 g/mol. The first-order valence-electron chi connectivity index (χ1n) is 9.00. The van der Waals surface area contributed by atoms with Gasteiger partial charge in [0.05, 0.1) is 0 Å². The standard InChI is InChI=1S/C22H31NO/c1-16(2)23(17(3)4)14-13-21(19-9-7-6-8-10-19)20-11-12-22(24)18(5)15-20/h6-12,15-17,21,24H,13-14H2,1-5H3/t21-/m1/s1. The van der Waals surface area contributed by atoms with Gasteiger partial charge in [0.2, 0.25) is 0 Å². The van der Waals surface area contributed by atoms with Gasteiger partial charge in [0.15, 0.2) is 0 Å². The molecule has 2 rings (SSSR count). The van der Waals surface area contributed by atoms with E-state index in [0.29, 0.717) is 23.8 Å². The second kappa shape index (κ2) is 8.34. The van der Waals surface area contributed by atoms with Gasteiger partial charge in [-0.2, -0.15) is 0 Å². The van der Waals surface area contributed by atoms with Crippen molar-refractivity contribution in [2.45, 2.75) is 59.0 Å². The molecule has 0 aliphatic carbocycles. The molecule has 2 aromatic rings. The Bertz CT molecular complexity index is 626. The number of benzene rings is 2. The van der Waals surface area contributed by atoms with Crippen LogP contribution in [-0.2, 0) is 0 Å². The molecule has 0 spiro atoms. The van der Waals surface area contributed by atoms with Crippen LogP contribution in [0.3, 0.4) is 0 Å². The highest BCUT2D eigenvalue weighted by Gasteiger charge is 2.19. The highest BCUT2D eigenvalue weighted by molar-refractivity contribution is 5.40. The molecule has 0 amide bonds. The van der Waals surface area contributed by atoms with E-state index in [-0.39, 0.29) is 0 Å². The van der Waals surface area contributed by atoms with Gasteiger partial charge in [0, 0.05) is 18.0 Å². The lowest BCUT2D eigenvalue weighted by atomic mass is 9.87. The van der Waals surface area contributed by atoms with E-state index in [0.717, 1.165) is 18.5 Å². The third kappa shape index (κ3) is 4.61. The Balaban J connectivity index is 2.28. The van der Waals surface area contributed by atoms with E-state index >= 15 is 0 Å². The molecule has 0 bridgehead atoms. The summed E-state index contributed by atoms with van der Waals surface area (Å²) in [7, 11) is 0. The van der Waals surface area contributed by atoms with Crippen molar-refractivity contribution in [3.8, 4) is 5.75 Å². The zero-order valence-electron chi connectivity index (χ0n) is 15.7.